The minimum atomic E-state index is -0.597. The summed E-state index contributed by atoms with van der Waals surface area (Å²) in [5.74, 6) is 1.14. The fourth-order valence-corrected chi connectivity index (χ4v) is 5.27. The van der Waals surface area contributed by atoms with Crippen LogP contribution in [0.4, 0.5) is 0 Å². The Bertz CT molecular complexity index is 1480. The molecule has 7 heteroatoms. The third-order valence-electron chi connectivity index (χ3n) is 6.50. The van der Waals surface area contributed by atoms with Crippen molar-refractivity contribution in [2.45, 2.75) is 25.0 Å². The zero-order valence-electron chi connectivity index (χ0n) is 18.8. The van der Waals surface area contributed by atoms with Gasteiger partial charge in [-0.3, -0.25) is 9.59 Å². The maximum atomic E-state index is 13.7. The molecule has 1 amide bonds. The zero-order chi connectivity index (χ0) is 23.9. The Kier molecular flexibility index (Phi) is 5.66. The molecule has 0 bridgehead atoms. The summed E-state index contributed by atoms with van der Waals surface area (Å²) in [7, 11) is 0. The second kappa shape index (κ2) is 8.98. The van der Waals surface area contributed by atoms with Crippen LogP contribution in [0, 0.1) is 0 Å². The number of hydrogen-bond acceptors (Lipinski definition) is 5. The highest BCUT2D eigenvalue weighted by Gasteiger charge is 2.44. The van der Waals surface area contributed by atoms with Crippen LogP contribution in [0.5, 0.6) is 11.5 Å². The predicted molar refractivity (Wildman–Crippen MR) is 135 cm³/mol. The van der Waals surface area contributed by atoms with E-state index in [2.05, 4.69) is 15.9 Å². The Balaban J connectivity index is 1.48. The Morgan fingerprint density at radius 2 is 1.80 bits per heavy atom. The molecule has 2 unspecified atom stereocenters. The van der Waals surface area contributed by atoms with E-state index in [0.29, 0.717) is 41.2 Å². The van der Waals surface area contributed by atoms with Crippen LogP contribution in [0.1, 0.15) is 40.6 Å². The topological polar surface area (TPSA) is 69.0 Å². The third-order valence-corrected chi connectivity index (χ3v) is 7.00. The molecule has 1 aromatic heterocycles. The average molecular weight is 532 g/mol. The first-order valence-corrected chi connectivity index (χ1v) is 12.4. The van der Waals surface area contributed by atoms with E-state index in [0.717, 1.165) is 22.9 Å². The van der Waals surface area contributed by atoms with Gasteiger partial charge in [-0.2, -0.15) is 0 Å². The predicted octanol–water partition coefficient (Wildman–Crippen LogP) is 6.07. The van der Waals surface area contributed by atoms with Crippen molar-refractivity contribution in [1.29, 1.82) is 0 Å². The number of carbonyl (C=O) groups excluding carboxylic acids is 1. The van der Waals surface area contributed by atoms with Gasteiger partial charge in [0.05, 0.1) is 23.1 Å². The zero-order valence-corrected chi connectivity index (χ0v) is 20.4. The minimum Gasteiger partial charge on any atom is -0.457 e. The summed E-state index contributed by atoms with van der Waals surface area (Å²) in [4.78, 5) is 29.1. The normalized spacial score (nSPS) is 19.3. The molecule has 2 aliphatic rings. The molecule has 0 aliphatic carbocycles. The van der Waals surface area contributed by atoms with Gasteiger partial charge in [0.1, 0.15) is 17.1 Å². The summed E-state index contributed by atoms with van der Waals surface area (Å²) < 4.78 is 18.7. The number of rotatable bonds is 5. The summed E-state index contributed by atoms with van der Waals surface area (Å²) >= 11 is 3.44. The number of ether oxygens (including phenoxy) is 2. The Labute approximate surface area is 210 Å². The van der Waals surface area contributed by atoms with E-state index in [1.54, 1.807) is 23.1 Å². The molecule has 3 aromatic carbocycles. The van der Waals surface area contributed by atoms with Crippen molar-refractivity contribution in [3.63, 3.8) is 0 Å². The lowest BCUT2D eigenvalue weighted by atomic mass is 9.98. The number of nitrogens with zero attached hydrogens (tertiary/aromatic N) is 1. The van der Waals surface area contributed by atoms with Crippen molar-refractivity contribution in [3.8, 4) is 11.5 Å². The van der Waals surface area contributed by atoms with E-state index in [1.807, 2.05) is 54.6 Å². The van der Waals surface area contributed by atoms with E-state index in [-0.39, 0.29) is 23.2 Å². The van der Waals surface area contributed by atoms with Crippen molar-refractivity contribution >= 4 is 32.8 Å². The lowest BCUT2D eigenvalue weighted by Crippen LogP contribution is -2.36. The first-order valence-electron chi connectivity index (χ1n) is 11.6. The molecule has 0 spiro atoms. The molecule has 2 aliphatic heterocycles. The van der Waals surface area contributed by atoms with Crippen LogP contribution in [0.15, 0.2) is 86.5 Å². The van der Waals surface area contributed by atoms with Crippen LogP contribution in [-0.4, -0.2) is 30.1 Å². The summed E-state index contributed by atoms with van der Waals surface area (Å²) in [5.41, 5.74) is 1.33. The first-order chi connectivity index (χ1) is 17.1. The second-order valence-corrected chi connectivity index (χ2v) is 9.71. The van der Waals surface area contributed by atoms with Gasteiger partial charge in [-0.05, 0) is 60.9 Å². The molecule has 6 rings (SSSR count). The van der Waals surface area contributed by atoms with E-state index in [1.165, 1.54) is 0 Å². The summed E-state index contributed by atoms with van der Waals surface area (Å²) in [6, 6.07) is 21.7. The number of halogens is 1. The molecule has 1 saturated heterocycles. The maximum Gasteiger partial charge on any atom is 0.291 e. The van der Waals surface area contributed by atoms with Gasteiger partial charge >= 0.3 is 0 Å². The largest absolute Gasteiger partial charge is 0.457 e. The molecular weight excluding hydrogens is 510 g/mol. The molecule has 176 valence electrons. The highest BCUT2D eigenvalue weighted by Crippen LogP contribution is 2.40. The van der Waals surface area contributed by atoms with Crippen LogP contribution in [0.2, 0.25) is 0 Å². The van der Waals surface area contributed by atoms with Gasteiger partial charge < -0.3 is 18.8 Å². The molecule has 3 heterocycles. The number of benzene rings is 3. The molecular formula is C28H22BrNO5. The van der Waals surface area contributed by atoms with Crippen LogP contribution in [0.3, 0.4) is 0 Å². The second-order valence-electron chi connectivity index (χ2n) is 8.80. The molecule has 1 fully saturated rings. The minimum absolute atomic E-state index is 0.0711. The summed E-state index contributed by atoms with van der Waals surface area (Å²) in [6.45, 7) is 1.07. The molecule has 0 N–H and O–H groups in total. The highest BCUT2D eigenvalue weighted by molar-refractivity contribution is 9.10. The van der Waals surface area contributed by atoms with Gasteiger partial charge in [-0.15, -0.1) is 0 Å². The number of fused-ring (bicyclic) bond motifs is 2. The Morgan fingerprint density at radius 3 is 2.60 bits per heavy atom. The molecule has 35 heavy (non-hydrogen) atoms. The molecule has 4 aromatic rings. The molecule has 2 atom stereocenters. The molecule has 0 radical (unpaired) electrons. The SMILES string of the molecule is O=C1c2oc3ccc(Br)cc3c(=O)c2C(c2cccc(Oc3ccccc3)c2)N1CC1CCCO1. The van der Waals surface area contributed by atoms with Crippen molar-refractivity contribution in [1.82, 2.24) is 4.90 Å². The van der Waals surface area contributed by atoms with E-state index in [9.17, 15) is 9.59 Å². The van der Waals surface area contributed by atoms with E-state index >= 15 is 0 Å². The third kappa shape index (κ3) is 4.05. The van der Waals surface area contributed by atoms with Gasteiger partial charge in [0, 0.05) is 17.6 Å². The number of amides is 1. The van der Waals surface area contributed by atoms with E-state index in [4.69, 9.17) is 13.9 Å². The lowest BCUT2D eigenvalue weighted by Gasteiger charge is -2.27. The van der Waals surface area contributed by atoms with Crippen LogP contribution in [-0.2, 0) is 4.74 Å². The van der Waals surface area contributed by atoms with Crippen molar-refractivity contribution in [3.05, 3.63) is 104 Å². The Morgan fingerprint density at radius 1 is 0.971 bits per heavy atom. The number of carbonyl (C=O) groups is 1. The van der Waals surface area contributed by atoms with Crippen LogP contribution < -0.4 is 10.2 Å². The fraction of sp³-hybridized carbons (Fsp3) is 0.214. The monoisotopic (exact) mass is 531 g/mol. The highest BCUT2D eigenvalue weighted by atomic mass is 79.9. The van der Waals surface area contributed by atoms with Gasteiger partial charge in [-0.25, -0.2) is 0 Å². The summed E-state index contributed by atoms with van der Waals surface area (Å²) in [6.07, 6.45) is 1.76. The van der Waals surface area contributed by atoms with Gasteiger partial charge in [0.2, 0.25) is 5.76 Å². The van der Waals surface area contributed by atoms with Crippen LogP contribution >= 0.6 is 15.9 Å². The maximum absolute atomic E-state index is 13.7. The van der Waals surface area contributed by atoms with Crippen molar-refractivity contribution in [2.75, 3.05) is 13.2 Å². The van der Waals surface area contributed by atoms with Gasteiger partial charge in [0.15, 0.2) is 5.43 Å². The van der Waals surface area contributed by atoms with Gasteiger partial charge in [-0.1, -0.05) is 46.3 Å². The van der Waals surface area contributed by atoms with Crippen LogP contribution in [0.25, 0.3) is 11.0 Å². The van der Waals surface area contributed by atoms with Crippen molar-refractivity contribution in [2.24, 2.45) is 0 Å². The number of para-hydroxylation sites is 1. The smallest absolute Gasteiger partial charge is 0.291 e. The Hall–Kier alpha value is -3.42. The van der Waals surface area contributed by atoms with E-state index < -0.39 is 6.04 Å². The average Bonchev–Trinajstić information content (AvgIpc) is 3.48. The molecule has 6 nitrogen and oxygen atoms in total. The standard InChI is InChI=1S/C28H22BrNO5/c29-18-11-12-23-22(15-18)26(31)24-25(30(28(32)27(24)35-23)16-21-10-5-13-33-21)17-6-4-9-20(14-17)34-19-7-2-1-3-8-19/h1-4,6-9,11-12,14-15,21,25H,5,10,13,16H2. The first kappa shape index (κ1) is 22.1. The van der Waals surface area contributed by atoms with Gasteiger partial charge in [0.25, 0.3) is 5.91 Å². The lowest BCUT2D eigenvalue weighted by molar-refractivity contribution is 0.0486. The summed E-state index contributed by atoms with van der Waals surface area (Å²) in [5, 5.41) is 0.437. The quantitative estimate of drug-likeness (QED) is 0.312. The molecule has 0 saturated carbocycles. The van der Waals surface area contributed by atoms with Crippen molar-refractivity contribution < 1.29 is 18.7 Å². The number of hydrogen-bond donors (Lipinski definition) is 0. The fourth-order valence-electron chi connectivity index (χ4n) is 4.91.